The number of carbonyl (C=O) groups excluding carboxylic acids is 1. The number of nitrogens with one attached hydrogen (secondary N) is 2. The van der Waals surface area contributed by atoms with Gasteiger partial charge in [0.2, 0.25) is 15.9 Å². The van der Waals surface area contributed by atoms with E-state index in [2.05, 4.69) is 10.3 Å². The van der Waals surface area contributed by atoms with E-state index in [4.69, 9.17) is 5.14 Å². The molecule has 0 spiro atoms. The van der Waals surface area contributed by atoms with Crippen LogP contribution in [0.15, 0.2) is 59.6 Å². The van der Waals surface area contributed by atoms with E-state index >= 15 is 0 Å². The Kier molecular flexibility index (Phi) is 4.61. The summed E-state index contributed by atoms with van der Waals surface area (Å²) in [7, 11) is -3.77. The number of hydrogen-bond donors (Lipinski definition) is 3. The largest absolute Gasteiger partial charge is 0.361 e. The van der Waals surface area contributed by atoms with E-state index in [9.17, 15) is 13.2 Å². The molecular weight excluding hydrogens is 338 g/mol. The van der Waals surface area contributed by atoms with Crippen molar-refractivity contribution in [2.75, 3.05) is 0 Å². The fraction of sp³-hybridized carbons (Fsp3) is 0.167. The lowest BCUT2D eigenvalue weighted by Crippen LogP contribution is -2.28. The normalized spacial score (nSPS) is 12.9. The minimum atomic E-state index is -3.77. The van der Waals surface area contributed by atoms with Gasteiger partial charge in [0.25, 0.3) is 0 Å². The first-order valence-electron chi connectivity index (χ1n) is 7.82. The summed E-state index contributed by atoms with van der Waals surface area (Å²) in [6.45, 7) is 1.80. The van der Waals surface area contributed by atoms with Gasteiger partial charge >= 0.3 is 0 Å². The summed E-state index contributed by atoms with van der Waals surface area (Å²) < 4.78 is 22.9. The van der Waals surface area contributed by atoms with Crippen molar-refractivity contribution in [1.82, 2.24) is 10.3 Å². The molecule has 2 aromatic carbocycles. The first-order chi connectivity index (χ1) is 11.8. The standard InChI is InChI=1S/C18H19N3O3S/c1-12(13-5-4-6-15(9-13)25(19,23)24)21-18(22)10-14-11-20-17-8-3-2-7-16(14)17/h2-9,11-12,20H,10H2,1H3,(H,21,22)(H2,19,23,24). The maximum absolute atomic E-state index is 12.4. The number of aromatic nitrogens is 1. The quantitative estimate of drug-likeness (QED) is 0.652. The number of amides is 1. The van der Waals surface area contributed by atoms with Crippen LogP contribution in [0.5, 0.6) is 0 Å². The van der Waals surface area contributed by atoms with Crippen molar-refractivity contribution in [1.29, 1.82) is 0 Å². The molecule has 1 heterocycles. The Labute approximate surface area is 146 Å². The molecule has 1 atom stereocenters. The van der Waals surface area contributed by atoms with Crippen molar-refractivity contribution >= 4 is 26.8 Å². The van der Waals surface area contributed by atoms with Gasteiger partial charge in [-0.1, -0.05) is 30.3 Å². The van der Waals surface area contributed by atoms with Crippen LogP contribution in [0.4, 0.5) is 0 Å². The molecule has 0 saturated heterocycles. The number of H-pyrrole nitrogens is 1. The molecule has 0 saturated carbocycles. The van der Waals surface area contributed by atoms with Crippen LogP contribution in [-0.4, -0.2) is 19.3 Å². The van der Waals surface area contributed by atoms with E-state index in [0.29, 0.717) is 5.56 Å². The summed E-state index contributed by atoms with van der Waals surface area (Å²) in [5.74, 6) is -0.140. The van der Waals surface area contributed by atoms with Crippen molar-refractivity contribution < 1.29 is 13.2 Å². The second-order valence-corrected chi connectivity index (χ2v) is 7.50. The van der Waals surface area contributed by atoms with Gasteiger partial charge in [0, 0.05) is 17.1 Å². The number of benzene rings is 2. The Morgan fingerprint density at radius 3 is 2.72 bits per heavy atom. The lowest BCUT2D eigenvalue weighted by molar-refractivity contribution is -0.121. The van der Waals surface area contributed by atoms with E-state index in [0.717, 1.165) is 16.5 Å². The molecule has 130 valence electrons. The number of carbonyl (C=O) groups is 1. The van der Waals surface area contributed by atoms with E-state index in [1.165, 1.54) is 12.1 Å². The van der Waals surface area contributed by atoms with Crippen LogP contribution in [0.25, 0.3) is 10.9 Å². The highest BCUT2D eigenvalue weighted by molar-refractivity contribution is 7.89. The SMILES string of the molecule is CC(NC(=O)Cc1c[nH]c2ccccc12)c1cccc(S(N)(=O)=O)c1. The predicted molar refractivity (Wildman–Crippen MR) is 96.4 cm³/mol. The predicted octanol–water partition coefficient (Wildman–Crippen LogP) is 2.24. The molecule has 4 N–H and O–H groups in total. The Bertz CT molecular complexity index is 1020. The van der Waals surface area contributed by atoms with Gasteiger partial charge in [0.1, 0.15) is 0 Å². The minimum Gasteiger partial charge on any atom is -0.361 e. The molecule has 6 nitrogen and oxygen atoms in total. The molecular formula is C18H19N3O3S. The van der Waals surface area contributed by atoms with Gasteiger partial charge in [-0.2, -0.15) is 0 Å². The topological polar surface area (TPSA) is 105 Å². The number of para-hydroxylation sites is 1. The van der Waals surface area contributed by atoms with Crippen LogP contribution >= 0.6 is 0 Å². The number of hydrogen-bond acceptors (Lipinski definition) is 3. The molecule has 7 heteroatoms. The number of fused-ring (bicyclic) bond motifs is 1. The van der Waals surface area contributed by atoms with Crippen LogP contribution in [0.2, 0.25) is 0 Å². The first-order valence-corrected chi connectivity index (χ1v) is 9.36. The number of rotatable bonds is 5. The number of aromatic amines is 1. The zero-order valence-corrected chi connectivity index (χ0v) is 14.5. The van der Waals surface area contributed by atoms with Crippen molar-refractivity contribution in [2.24, 2.45) is 5.14 Å². The zero-order valence-electron chi connectivity index (χ0n) is 13.7. The monoisotopic (exact) mass is 357 g/mol. The summed E-state index contributed by atoms with van der Waals surface area (Å²) in [6.07, 6.45) is 2.07. The van der Waals surface area contributed by atoms with Gasteiger partial charge in [-0.3, -0.25) is 4.79 Å². The summed E-state index contributed by atoms with van der Waals surface area (Å²) in [6, 6.07) is 13.7. The Morgan fingerprint density at radius 1 is 1.20 bits per heavy atom. The molecule has 1 unspecified atom stereocenters. The Balaban J connectivity index is 1.73. The van der Waals surface area contributed by atoms with Crippen LogP contribution in [0.3, 0.4) is 0 Å². The van der Waals surface area contributed by atoms with Gasteiger partial charge in [0.05, 0.1) is 17.4 Å². The first kappa shape index (κ1) is 17.2. The Morgan fingerprint density at radius 2 is 1.96 bits per heavy atom. The fourth-order valence-corrected chi connectivity index (χ4v) is 3.36. The lowest BCUT2D eigenvalue weighted by atomic mass is 10.1. The summed E-state index contributed by atoms with van der Waals surface area (Å²) in [4.78, 5) is 15.5. The summed E-state index contributed by atoms with van der Waals surface area (Å²) >= 11 is 0. The summed E-state index contributed by atoms with van der Waals surface area (Å²) in [5, 5.41) is 9.06. The molecule has 1 aromatic heterocycles. The fourth-order valence-electron chi connectivity index (χ4n) is 2.79. The van der Waals surface area contributed by atoms with Gasteiger partial charge < -0.3 is 10.3 Å². The maximum atomic E-state index is 12.4. The molecule has 0 aliphatic rings. The van der Waals surface area contributed by atoms with Gasteiger partial charge in [0.15, 0.2) is 0 Å². The zero-order chi connectivity index (χ0) is 18.0. The third kappa shape index (κ3) is 3.89. The second-order valence-electron chi connectivity index (χ2n) is 5.94. The van der Waals surface area contributed by atoms with Crippen LogP contribution in [0.1, 0.15) is 24.1 Å². The minimum absolute atomic E-state index is 0.0303. The van der Waals surface area contributed by atoms with Crippen molar-refractivity contribution in [3.05, 3.63) is 65.9 Å². The van der Waals surface area contributed by atoms with Crippen molar-refractivity contribution in [3.63, 3.8) is 0 Å². The molecule has 0 aliphatic heterocycles. The highest BCUT2D eigenvalue weighted by atomic mass is 32.2. The van der Waals surface area contributed by atoms with Crippen molar-refractivity contribution in [2.45, 2.75) is 24.3 Å². The number of sulfonamides is 1. The molecule has 3 rings (SSSR count). The molecule has 0 bridgehead atoms. The number of primary sulfonamides is 1. The van der Waals surface area contributed by atoms with Gasteiger partial charge in [-0.25, -0.2) is 13.6 Å². The second kappa shape index (κ2) is 6.70. The Hall–Kier alpha value is -2.64. The van der Waals surface area contributed by atoms with E-state index < -0.39 is 10.0 Å². The molecule has 1 amide bonds. The van der Waals surface area contributed by atoms with Gasteiger partial charge in [-0.15, -0.1) is 0 Å². The molecule has 3 aromatic rings. The van der Waals surface area contributed by atoms with E-state index in [-0.39, 0.29) is 23.3 Å². The number of nitrogens with two attached hydrogens (primary N) is 1. The third-order valence-electron chi connectivity index (χ3n) is 4.09. The lowest BCUT2D eigenvalue weighted by Gasteiger charge is -2.15. The smallest absolute Gasteiger partial charge is 0.238 e. The average molecular weight is 357 g/mol. The third-order valence-corrected chi connectivity index (χ3v) is 5.00. The van der Waals surface area contributed by atoms with Gasteiger partial charge in [-0.05, 0) is 36.2 Å². The average Bonchev–Trinajstić information content (AvgIpc) is 2.97. The van der Waals surface area contributed by atoms with Crippen LogP contribution < -0.4 is 10.5 Å². The summed E-state index contributed by atoms with van der Waals surface area (Å²) in [5.41, 5.74) is 2.58. The van der Waals surface area contributed by atoms with Crippen molar-refractivity contribution in [3.8, 4) is 0 Å². The molecule has 0 aliphatic carbocycles. The highest BCUT2D eigenvalue weighted by Crippen LogP contribution is 2.20. The maximum Gasteiger partial charge on any atom is 0.238 e. The highest BCUT2D eigenvalue weighted by Gasteiger charge is 2.15. The molecule has 0 radical (unpaired) electrons. The van der Waals surface area contributed by atoms with Crippen LogP contribution in [0, 0.1) is 0 Å². The van der Waals surface area contributed by atoms with Crippen LogP contribution in [-0.2, 0) is 21.2 Å². The molecule has 25 heavy (non-hydrogen) atoms. The van der Waals surface area contributed by atoms with E-state index in [1.807, 2.05) is 30.5 Å². The molecule has 0 fully saturated rings. The van der Waals surface area contributed by atoms with E-state index in [1.54, 1.807) is 19.1 Å².